The molecule has 3 rings (SSSR count). The molecule has 1 N–H and O–H groups in total. The first-order chi connectivity index (χ1) is 9.86. The van der Waals surface area contributed by atoms with Crippen LogP contribution in [0.2, 0.25) is 0 Å². The molecule has 0 aliphatic carbocycles. The molecule has 1 heterocycles. The van der Waals surface area contributed by atoms with Crippen molar-refractivity contribution < 1.29 is 8.42 Å². The lowest BCUT2D eigenvalue weighted by Gasteiger charge is -2.06. The monoisotopic (exact) mass is 318 g/mol. The number of aryl methyl sites for hydroxylation is 1. The van der Waals surface area contributed by atoms with Crippen molar-refractivity contribution in [1.29, 1.82) is 0 Å². The normalized spacial score (nSPS) is 11.9. The molecule has 6 heteroatoms. The fourth-order valence-corrected chi connectivity index (χ4v) is 3.26. The van der Waals surface area contributed by atoms with Gasteiger partial charge >= 0.3 is 0 Å². The molecular weight excluding hydrogens is 304 g/mol. The van der Waals surface area contributed by atoms with Crippen molar-refractivity contribution in [3.8, 4) is 5.69 Å². The van der Waals surface area contributed by atoms with Crippen LogP contribution in [0, 0.1) is 11.7 Å². The fraction of sp³-hybridized carbons (Fsp3) is 0.133. The summed E-state index contributed by atoms with van der Waals surface area (Å²) in [6.07, 6.45) is 1.20. The van der Waals surface area contributed by atoms with E-state index >= 15 is 0 Å². The van der Waals surface area contributed by atoms with Crippen LogP contribution in [0.4, 0.5) is 0 Å². The lowest BCUT2D eigenvalue weighted by molar-refractivity contribution is 0.602. The Morgan fingerprint density at radius 2 is 1.76 bits per heavy atom. The molecule has 21 heavy (non-hydrogen) atoms. The molecule has 0 spiro atoms. The molecule has 0 aliphatic heterocycles. The number of hydrogen-bond acceptors (Lipinski definition) is 3. The van der Waals surface area contributed by atoms with E-state index in [2.05, 4.69) is 4.98 Å². The Kier molecular flexibility index (Phi) is 3.22. The third-order valence-electron chi connectivity index (χ3n) is 3.36. The van der Waals surface area contributed by atoms with Crippen molar-refractivity contribution in [2.75, 3.05) is 6.26 Å². The van der Waals surface area contributed by atoms with Crippen molar-refractivity contribution >= 4 is 33.1 Å². The Bertz CT molecular complexity index is 981. The highest BCUT2D eigenvalue weighted by atomic mass is 32.2. The van der Waals surface area contributed by atoms with Gasteiger partial charge in [-0.15, -0.1) is 0 Å². The van der Waals surface area contributed by atoms with Crippen LogP contribution in [-0.2, 0) is 9.84 Å². The molecule has 3 aromatic rings. The number of hydrogen-bond donors (Lipinski definition) is 1. The Balaban J connectivity index is 2.23. The predicted molar refractivity (Wildman–Crippen MR) is 86.3 cm³/mol. The van der Waals surface area contributed by atoms with E-state index in [1.807, 2.05) is 29.7 Å². The standard InChI is InChI=1S/C15H14N2O2S2/c1-10-3-8-13-14(9-10)17(15(20)16-13)11-4-6-12(7-5-11)21(2,18)19/h3-9H,1-2H3,(H,16,20). The second-order valence-corrected chi connectivity index (χ2v) is 7.45. The number of nitrogens with one attached hydrogen (secondary N) is 1. The van der Waals surface area contributed by atoms with Gasteiger partial charge in [-0.2, -0.15) is 0 Å². The molecule has 0 fully saturated rings. The molecule has 0 saturated heterocycles. The van der Waals surface area contributed by atoms with E-state index < -0.39 is 9.84 Å². The fourth-order valence-electron chi connectivity index (χ4n) is 2.31. The largest absolute Gasteiger partial charge is 0.330 e. The summed E-state index contributed by atoms with van der Waals surface area (Å²) in [6, 6.07) is 12.8. The maximum absolute atomic E-state index is 11.5. The Morgan fingerprint density at radius 3 is 2.38 bits per heavy atom. The Morgan fingerprint density at radius 1 is 1.10 bits per heavy atom. The number of fused-ring (bicyclic) bond motifs is 1. The van der Waals surface area contributed by atoms with Gasteiger partial charge in [0.25, 0.3) is 0 Å². The molecule has 0 bridgehead atoms. The van der Waals surface area contributed by atoms with Gasteiger partial charge in [-0.3, -0.25) is 4.57 Å². The summed E-state index contributed by atoms with van der Waals surface area (Å²) < 4.78 is 25.5. The average molecular weight is 318 g/mol. The van der Waals surface area contributed by atoms with Crippen molar-refractivity contribution in [3.63, 3.8) is 0 Å². The number of nitrogens with zero attached hydrogens (tertiary/aromatic N) is 1. The molecule has 0 amide bonds. The van der Waals surface area contributed by atoms with Crippen LogP contribution in [0.1, 0.15) is 5.56 Å². The third kappa shape index (κ3) is 2.52. The summed E-state index contributed by atoms with van der Waals surface area (Å²) in [5.41, 5.74) is 3.91. The second kappa shape index (κ2) is 4.82. The van der Waals surface area contributed by atoms with E-state index in [1.165, 1.54) is 6.26 Å². The van der Waals surface area contributed by atoms with Crippen LogP contribution in [0.25, 0.3) is 16.7 Å². The van der Waals surface area contributed by atoms with Crippen LogP contribution in [0.5, 0.6) is 0 Å². The van der Waals surface area contributed by atoms with E-state index in [1.54, 1.807) is 24.3 Å². The molecule has 0 unspecified atom stereocenters. The van der Waals surface area contributed by atoms with Crippen LogP contribution in [0.3, 0.4) is 0 Å². The van der Waals surface area contributed by atoms with Gasteiger partial charge in [0, 0.05) is 11.9 Å². The van der Waals surface area contributed by atoms with Crippen LogP contribution >= 0.6 is 12.2 Å². The molecule has 0 aliphatic rings. The van der Waals surface area contributed by atoms with E-state index in [0.29, 0.717) is 9.67 Å². The minimum atomic E-state index is -3.19. The smallest absolute Gasteiger partial charge is 0.182 e. The van der Waals surface area contributed by atoms with Gasteiger partial charge in [-0.25, -0.2) is 8.42 Å². The number of imidazole rings is 1. The van der Waals surface area contributed by atoms with Gasteiger partial charge in [0.1, 0.15) is 0 Å². The summed E-state index contributed by atoms with van der Waals surface area (Å²) in [7, 11) is -3.19. The highest BCUT2D eigenvalue weighted by Crippen LogP contribution is 2.22. The summed E-state index contributed by atoms with van der Waals surface area (Å²) in [4.78, 5) is 3.46. The van der Waals surface area contributed by atoms with E-state index in [0.717, 1.165) is 22.3 Å². The van der Waals surface area contributed by atoms with Gasteiger partial charge in [0.2, 0.25) is 0 Å². The number of aromatic nitrogens is 2. The minimum Gasteiger partial charge on any atom is -0.330 e. The van der Waals surface area contributed by atoms with Crippen molar-refractivity contribution in [1.82, 2.24) is 9.55 Å². The summed E-state index contributed by atoms with van der Waals surface area (Å²) in [5, 5.41) is 0. The molecule has 2 aromatic carbocycles. The zero-order valence-corrected chi connectivity index (χ0v) is 13.3. The molecule has 0 atom stereocenters. The number of benzene rings is 2. The summed E-state index contributed by atoms with van der Waals surface area (Å²) in [5.74, 6) is 0. The maximum atomic E-state index is 11.5. The van der Waals surface area contributed by atoms with Crippen molar-refractivity contribution in [3.05, 3.63) is 52.8 Å². The zero-order valence-electron chi connectivity index (χ0n) is 11.6. The van der Waals surface area contributed by atoms with Crippen LogP contribution in [-0.4, -0.2) is 24.2 Å². The first-order valence-electron chi connectivity index (χ1n) is 6.38. The molecular formula is C15H14N2O2S2. The highest BCUT2D eigenvalue weighted by Gasteiger charge is 2.09. The zero-order chi connectivity index (χ0) is 15.2. The molecule has 0 radical (unpaired) electrons. The number of H-pyrrole nitrogens is 1. The number of aromatic amines is 1. The van der Waals surface area contributed by atoms with Crippen molar-refractivity contribution in [2.24, 2.45) is 0 Å². The van der Waals surface area contributed by atoms with Gasteiger partial charge in [0.15, 0.2) is 14.6 Å². The first kappa shape index (κ1) is 14.0. The maximum Gasteiger partial charge on any atom is 0.182 e. The lowest BCUT2D eigenvalue weighted by Crippen LogP contribution is -1.99. The average Bonchev–Trinajstić information content (AvgIpc) is 2.73. The molecule has 4 nitrogen and oxygen atoms in total. The highest BCUT2D eigenvalue weighted by molar-refractivity contribution is 7.90. The van der Waals surface area contributed by atoms with Gasteiger partial charge < -0.3 is 4.98 Å². The second-order valence-electron chi connectivity index (χ2n) is 5.05. The van der Waals surface area contributed by atoms with Crippen molar-refractivity contribution in [2.45, 2.75) is 11.8 Å². The SMILES string of the molecule is Cc1ccc2[nH]c(=S)n(-c3ccc(S(C)(=O)=O)cc3)c2c1. The van der Waals surface area contributed by atoms with Crippen LogP contribution in [0.15, 0.2) is 47.4 Å². The predicted octanol–water partition coefficient (Wildman–Crippen LogP) is 3.40. The first-order valence-corrected chi connectivity index (χ1v) is 8.68. The quantitative estimate of drug-likeness (QED) is 0.737. The van der Waals surface area contributed by atoms with E-state index in [-0.39, 0.29) is 0 Å². The number of rotatable bonds is 2. The van der Waals surface area contributed by atoms with Gasteiger partial charge in [-0.1, -0.05) is 6.07 Å². The van der Waals surface area contributed by atoms with E-state index in [4.69, 9.17) is 12.2 Å². The minimum absolute atomic E-state index is 0.300. The molecule has 108 valence electrons. The summed E-state index contributed by atoms with van der Waals surface area (Å²) in [6.45, 7) is 2.02. The van der Waals surface area contributed by atoms with E-state index in [9.17, 15) is 8.42 Å². The van der Waals surface area contributed by atoms with Crippen LogP contribution < -0.4 is 0 Å². The Hall–Kier alpha value is -1.92. The lowest BCUT2D eigenvalue weighted by atomic mass is 10.2. The van der Waals surface area contributed by atoms with Gasteiger partial charge in [-0.05, 0) is 61.1 Å². The number of sulfone groups is 1. The molecule has 0 saturated carbocycles. The topological polar surface area (TPSA) is 54.9 Å². The molecule has 1 aromatic heterocycles. The van der Waals surface area contributed by atoms with Gasteiger partial charge in [0.05, 0.1) is 15.9 Å². The third-order valence-corrected chi connectivity index (χ3v) is 4.78. The Labute approximate surface area is 128 Å². The summed E-state index contributed by atoms with van der Waals surface area (Å²) >= 11 is 5.37.